The van der Waals surface area contributed by atoms with Crippen molar-refractivity contribution in [3.05, 3.63) is 0 Å². The first-order valence-electron chi connectivity index (χ1n) is 35.2. The first-order valence-corrected chi connectivity index (χ1v) is 38.2. The molecule has 0 aromatic carbocycles. The third-order valence-electron chi connectivity index (χ3n) is 15.9. The first-order chi connectivity index (χ1) is 41.6. The molecule has 0 spiro atoms. The number of hydrogen-bond acceptors (Lipinski definition) is 15. The number of rotatable bonds is 65. The summed E-state index contributed by atoms with van der Waals surface area (Å²) in [6.45, 7) is 14.0. The Bertz CT molecular complexity index is 1730. The van der Waals surface area contributed by atoms with Gasteiger partial charge in [0.05, 0.1) is 26.4 Å². The van der Waals surface area contributed by atoms with E-state index in [9.17, 15) is 43.2 Å². The summed E-state index contributed by atoms with van der Waals surface area (Å²) in [7, 11) is -9.90. The zero-order valence-corrected chi connectivity index (χ0v) is 58.4. The van der Waals surface area contributed by atoms with Crippen LogP contribution in [0, 0.1) is 23.7 Å². The van der Waals surface area contributed by atoms with Crippen LogP contribution >= 0.6 is 15.6 Å². The third-order valence-corrected chi connectivity index (χ3v) is 17.8. The zero-order chi connectivity index (χ0) is 64.7. The summed E-state index contributed by atoms with van der Waals surface area (Å²) < 4.78 is 68.1. The number of phosphoric acid groups is 2. The summed E-state index contributed by atoms with van der Waals surface area (Å²) >= 11 is 0. The number of carbonyl (C=O) groups excluding carboxylic acids is 4. The predicted molar refractivity (Wildman–Crippen MR) is 349 cm³/mol. The number of esters is 4. The van der Waals surface area contributed by atoms with Crippen molar-refractivity contribution in [3.8, 4) is 0 Å². The first kappa shape index (κ1) is 85.1. The Hall–Kier alpha value is -1.94. The Morgan fingerprint density at radius 1 is 0.322 bits per heavy atom. The smallest absolute Gasteiger partial charge is 0.462 e. The van der Waals surface area contributed by atoms with Crippen LogP contribution in [0.4, 0.5) is 0 Å². The molecule has 0 aliphatic carbocycles. The van der Waals surface area contributed by atoms with E-state index in [0.29, 0.717) is 31.6 Å². The maximum absolute atomic E-state index is 13.0. The Balaban J connectivity index is 5.21. The van der Waals surface area contributed by atoms with Gasteiger partial charge in [0.2, 0.25) is 0 Å². The highest BCUT2D eigenvalue weighted by atomic mass is 31.2. The second-order valence-corrected chi connectivity index (χ2v) is 29.1. The second kappa shape index (κ2) is 57.9. The molecule has 0 radical (unpaired) electrons. The van der Waals surface area contributed by atoms with E-state index in [2.05, 4.69) is 55.4 Å². The summed E-state index contributed by atoms with van der Waals surface area (Å²) in [6, 6.07) is 0. The van der Waals surface area contributed by atoms with Crippen LogP contribution in [0.25, 0.3) is 0 Å². The molecule has 0 rings (SSSR count). The molecule has 19 heteroatoms. The van der Waals surface area contributed by atoms with Gasteiger partial charge in [0.1, 0.15) is 19.3 Å². The molecule has 0 bridgehead atoms. The molecule has 87 heavy (non-hydrogen) atoms. The number of unbranched alkanes of at least 4 members (excludes halogenated alkanes) is 30. The monoisotopic (exact) mass is 1280 g/mol. The molecule has 516 valence electrons. The van der Waals surface area contributed by atoms with Gasteiger partial charge in [-0.15, -0.1) is 0 Å². The van der Waals surface area contributed by atoms with Gasteiger partial charge in [-0.25, -0.2) is 9.13 Å². The molecule has 0 saturated carbocycles. The van der Waals surface area contributed by atoms with E-state index in [1.165, 1.54) is 128 Å². The molecular formula is C68H132O17P2. The van der Waals surface area contributed by atoms with E-state index in [1.54, 1.807) is 0 Å². The number of phosphoric ester groups is 2. The number of aliphatic hydroxyl groups excluding tert-OH is 1. The highest BCUT2D eigenvalue weighted by Crippen LogP contribution is 2.45. The van der Waals surface area contributed by atoms with Crippen LogP contribution in [0.3, 0.4) is 0 Å². The van der Waals surface area contributed by atoms with Crippen molar-refractivity contribution < 1.29 is 80.2 Å². The van der Waals surface area contributed by atoms with Crippen LogP contribution in [0.15, 0.2) is 0 Å². The van der Waals surface area contributed by atoms with Gasteiger partial charge in [0, 0.05) is 25.7 Å². The van der Waals surface area contributed by atoms with Crippen LogP contribution in [0.2, 0.25) is 0 Å². The molecule has 0 aromatic rings. The molecule has 0 saturated heterocycles. The molecule has 0 fully saturated rings. The number of hydrogen-bond donors (Lipinski definition) is 3. The maximum Gasteiger partial charge on any atom is 0.472 e. The van der Waals surface area contributed by atoms with Crippen molar-refractivity contribution in [3.63, 3.8) is 0 Å². The fourth-order valence-corrected chi connectivity index (χ4v) is 11.7. The average molecular weight is 1280 g/mol. The standard InChI is InChI=1S/C68H132O17P2/c1-9-61(8)47-39-31-25-27-33-41-49-66(71)79-55-63(84-67(72)50-42-34-23-17-15-13-11-10-12-14-16-20-28-36-44-58(2)3)56-82-86(74,75)80-52-62(69)53-81-87(76,77)83-57-64(85-68(73)51-43-35-26-24-30-38-46-60(6)7)54-78-65(70)48-40-32-22-19-18-21-29-37-45-59(4)5/h58-64,69H,9-57H2,1-8H3,(H,74,75)(H,76,77)/t61?,62?,63-,64-/m1/s1. The lowest BCUT2D eigenvalue weighted by molar-refractivity contribution is -0.161. The Kier molecular flexibility index (Phi) is 56.6. The van der Waals surface area contributed by atoms with E-state index < -0.39 is 97.5 Å². The van der Waals surface area contributed by atoms with Crippen molar-refractivity contribution in [2.45, 2.75) is 350 Å². The van der Waals surface area contributed by atoms with Gasteiger partial charge in [0.15, 0.2) is 12.2 Å². The van der Waals surface area contributed by atoms with Gasteiger partial charge in [-0.2, -0.15) is 0 Å². The van der Waals surface area contributed by atoms with Crippen molar-refractivity contribution in [2.24, 2.45) is 23.7 Å². The summed E-state index contributed by atoms with van der Waals surface area (Å²) in [6.07, 6.45) is 39.2. The van der Waals surface area contributed by atoms with Crippen LogP contribution in [-0.4, -0.2) is 96.7 Å². The van der Waals surface area contributed by atoms with Gasteiger partial charge in [-0.1, -0.05) is 280 Å². The van der Waals surface area contributed by atoms with Gasteiger partial charge in [0.25, 0.3) is 0 Å². The lowest BCUT2D eigenvalue weighted by atomic mass is 10.00. The minimum Gasteiger partial charge on any atom is -0.462 e. The molecule has 3 N–H and O–H groups in total. The second-order valence-electron chi connectivity index (χ2n) is 26.2. The van der Waals surface area contributed by atoms with Crippen molar-refractivity contribution in [1.82, 2.24) is 0 Å². The summed E-state index contributed by atoms with van der Waals surface area (Å²) in [5, 5.41) is 10.6. The summed E-state index contributed by atoms with van der Waals surface area (Å²) in [4.78, 5) is 72.4. The quantitative estimate of drug-likeness (QED) is 0.0222. The normalized spacial score (nSPS) is 14.6. The van der Waals surface area contributed by atoms with E-state index in [1.807, 2.05) is 0 Å². The van der Waals surface area contributed by atoms with Crippen molar-refractivity contribution >= 4 is 39.5 Å². The van der Waals surface area contributed by atoms with E-state index in [-0.39, 0.29) is 25.7 Å². The van der Waals surface area contributed by atoms with Crippen LogP contribution in [0.1, 0.15) is 331 Å². The Labute approximate surface area is 530 Å². The van der Waals surface area contributed by atoms with Crippen molar-refractivity contribution in [2.75, 3.05) is 39.6 Å². The number of aliphatic hydroxyl groups is 1. The predicted octanol–water partition coefficient (Wildman–Crippen LogP) is 18.9. The van der Waals surface area contributed by atoms with Crippen LogP contribution < -0.4 is 0 Å². The zero-order valence-electron chi connectivity index (χ0n) is 56.6. The highest BCUT2D eigenvalue weighted by Gasteiger charge is 2.30. The van der Waals surface area contributed by atoms with E-state index in [0.717, 1.165) is 114 Å². The highest BCUT2D eigenvalue weighted by molar-refractivity contribution is 7.47. The fourth-order valence-electron chi connectivity index (χ4n) is 10.1. The van der Waals surface area contributed by atoms with Gasteiger partial charge in [-0.3, -0.25) is 37.3 Å². The average Bonchev–Trinajstić information content (AvgIpc) is 3.57. The molecular weight excluding hydrogens is 1150 g/mol. The number of carbonyl (C=O) groups is 4. The summed E-state index contributed by atoms with van der Waals surface area (Å²) in [5.74, 6) is 0.784. The van der Waals surface area contributed by atoms with Gasteiger partial charge < -0.3 is 33.8 Å². The topological polar surface area (TPSA) is 237 Å². The molecule has 0 aliphatic heterocycles. The fraction of sp³-hybridized carbons (Fsp3) is 0.941. The van der Waals surface area contributed by atoms with E-state index >= 15 is 0 Å². The largest absolute Gasteiger partial charge is 0.472 e. The van der Waals surface area contributed by atoms with Gasteiger partial charge >= 0.3 is 39.5 Å². The molecule has 4 unspecified atom stereocenters. The van der Waals surface area contributed by atoms with Crippen molar-refractivity contribution in [1.29, 1.82) is 0 Å². The van der Waals surface area contributed by atoms with Crippen LogP contribution in [0.5, 0.6) is 0 Å². The minimum absolute atomic E-state index is 0.101. The molecule has 0 amide bonds. The lowest BCUT2D eigenvalue weighted by Gasteiger charge is -2.21. The molecule has 0 aromatic heterocycles. The third kappa shape index (κ3) is 61.3. The Morgan fingerprint density at radius 2 is 0.552 bits per heavy atom. The SMILES string of the molecule is CCC(C)CCCCCCCCC(=O)OC[C@H](COP(=O)(O)OCC(O)COP(=O)(O)OC[C@@H](COC(=O)CCCCCCCCCCC(C)C)OC(=O)CCCCCCCCC(C)C)OC(=O)CCCCCCCCCCCCCCCCC(C)C. The number of ether oxygens (including phenoxy) is 4. The molecule has 6 atom stereocenters. The lowest BCUT2D eigenvalue weighted by Crippen LogP contribution is -2.30. The minimum atomic E-state index is -4.95. The van der Waals surface area contributed by atoms with E-state index in [4.69, 9.17) is 37.0 Å². The molecule has 0 aliphatic rings. The molecule has 17 nitrogen and oxygen atoms in total. The van der Waals surface area contributed by atoms with Crippen LogP contribution in [-0.2, 0) is 65.4 Å². The molecule has 0 heterocycles. The van der Waals surface area contributed by atoms with Gasteiger partial charge in [-0.05, 0) is 49.4 Å². The summed E-state index contributed by atoms with van der Waals surface area (Å²) in [5.41, 5.74) is 0. The maximum atomic E-state index is 13.0. The Morgan fingerprint density at radius 3 is 0.816 bits per heavy atom.